The molecule has 0 saturated carbocycles. The predicted octanol–water partition coefficient (Wildman–Crippen LogP) is 7.04. The summed E-state index contributed by atoms with van der Waals surface area (Å²) in [6.07, 6.45) is -2.79. The highest BCUT2D eigenvalue weighted by atomic mass is 35.5. The van der Waals surface area contributed by atoms with Crippen molar-refractivity contribution in [2.24, 2.45) is 4.99 Å². The number of aliphatic imine (C=N–C) groups is 1. The number of halogens is 5. The van der Waals surface area contributed by atoms with E-state index in [0.717, 1.165) is 11.1 Å². The van der Waals surface area contributed by atoms with E-state index in [-0.39, 0.29) is 13.2 Å². The van der Waals surface area contributed by atoms with E-state index in [1.807, 2.05) is 6.07 Å². The minimum atomic E-state index is -4.46. The van der Waals surface area contributed by atoms with Crippen LogP contribution in [0.15, 0.2) is 77.9 Å². The maximum atomic E-state index is 14.7. The molecule has 0 atom stereocenters. The second-order valence-electron chi connectivity index (χ2n) is 8.36. The number of benzene rings is 3. The summed E-state index contributed by atoms with van der Waals surface area (Å²) in [6, 6.07) is 18.5. The van der Waals surface area contributed by atoms with Gasteiger partial charge in [0.05, 0.1) is 18.0 Å². The van der Waals surface area contributed by atoms with E-state index in [2.05, 4.69) is 25.1 Å². The van der Waals surface area contributed by atoms with Crippen molar-refractivity contribution in [3.8, 4) is 11.3 Å². The van der Waals surface area contributed by atoms with Gasteiger partial charge in [-0.25, -0.2) is 24.1 Å². The van der Waals surface area contributed by atoms with Crippen LogP contribution in [-0.2, 0) is 22.9 Å². The minimum Gasteiger partial charge on any atom is -0.324 e. The first kappa shape index (κ1) is 25.8. The summed E-state index contributed by atoms with van der Waals surface area (Å²) in [6.45, 7) is -1.38. The fourth-order valence-electron chi connectivity index (χ4n) is 3.90. The first-order valence-corrected chi connectivity index (χ1v) is 11.8. The quantitative estimate of drug-likeness (QED) is 0.117. The van der Waals surface area contributed by atoms with Crippen LogP contribution in [0.4, 0.5) is 29.2 Å². The van der Waals surface area contributed by atoms with Gasteiger partial charge in [-0.1, -0.05) is 41.9 Å². The van der Waals surface area contributed by atoms with Crippen molar-refractivity contribution in [2.45, 2.75) is 19.3 Å². The fourth-order valence-corrected chi connectivity index (χ4v) is 4.07. The van der Waals surface area contributed by atoms with Crippen molar-refractivity contribution in [1.29, 1.82) is 0 Å². The van der Waals surface area contributed by atoms with E-state index in [0.29, 0.717) is 44.8 Å². The molecule has 3 aromatic carbocycles. The van der Waals surface area contributed by atoms with Crippen molar-refractivity contribution < 1.29 is 27.3 Å². The molecular weight excluding hydrogens is 524 g/mol. The monoisotopic (exact) mass is 542 g/mol. The van der Waals surface area contributed by atoms with Crippen LogP contribution in [0.5, 0.6) is 0 Å². The molecule has 1 aromatic heterocycles. The van der Waals surface area contributed by atoms with Gasteiger partial charge in [-0.3, -0.25) is 4.99 Å². The normalized spacial score (nSPS) is 12.8. The molecule has 0 radical (unpaired) electrons. The lowest BCUT2D eigenvalue weighted by atomic mass is 9.95. The smallest absolute Gasteiger partial charge is 0.324 e. The summed E-state index contributed by atoms with van der Waals surface area (Å²) in [7, 11) is 0. The molecule has 0 amide bonds. The number of nitrogens with zero attached hydrogens (tertiary/aromatic N) is 3. The van der Waals surface area contributed by atoms with Crippen molar-refractivity contribution >= 4 is 28.9 Å². The lowest BCUT2D eigenvalue weighted by Gasteiger charge is -2.13. The number of alkyl halides is 3. The van der Waals surface area contributed by atoms with Crippen molar-refractivity contribution in [3.63, 3.8) is 0 Å². The van der Waals surface area contributed by atoms with E-state index in [9.17, 15) is 17.6 Å². The Bertz CT molecular complexity index is 1490. The summed E-state index contributed by atoms with van der Waals surface area (Å²) in [5, 5.41) is 3.60. The lowest BCUT2D eigenvalue weighted by molar-refractivity contribution is -0.347. The molecule has 4 aromatic rings. The third kappa shape index (κ3) is 5.99. The molecule has 194 valence electrons. The average molecular weight is 543 g/mol. The average Bonchev–Trinajstić information content (AvgIpc) is 3.04. The van der Waals surface area contributed by atoms with Crippen molar-refractivity contribution in [2.75, 3.05) is 11.9 Å². The van der Waals surface area contributed by atoms with E-state index < -0.39 is 18.6 Å². The molecule has 0 bridgehead atoms. The number of rotatable bonds is 7. The standard InChI is InChI=1S/C27H19ClF4N4O2/c28-18-7-10-20-22(11-18)25(21-3-1-2-4-23(21)29)33-12-17-13-34-26(36-24(17)20)35-19-8-5-16(6-9-19)14-37-38-15-27(30,31)32/h1-11,13H,12,14-15H2,(H,34,35,36). The van der Waals surface area contributed by atoms with Crippen LogP contribution >= 0.6 is 11.6 Å². The molecule has 0 unspecified atom stereocenters. The molecule has 0 saturated heterocycles. The Labute approximate surface area is 219 Å². The Morgan fingerprint density at radius 3 is 2.47 bits per heavy atom. The molecule has 1 aliphatic rings. The molecule has 1 aliphatic heterocycles. The van der Waals surface area contributed by atoms with Gasteiger partial charge in [0, 0.05) is 39.2 Å². The van der Waals surface area contributed by atoms with Gasteiger partial charge in [0.15, 0.2) is 6.61 Å². The number of aromatic nitrogens is 2. The first-order valence-electron chi connectivity index (χ1n) is 11.4. The third-order valence-corrected chi connectivity index (χ3v) is 5.87. The highest BCUT2D eigenvalue weighted by Crippen LogP contribution is 2.34. The highest BCUT2D eigenvalue weighted by Gasteiger charge is 2.28. The van der Waals surface area contributed by atoms with Gasteiger partial charge in [0.1, 0.15) is 12.4 Å². The van der Waals surface area contributed by atoms with E-state index >= 15 is 0 Å². The summed E-state index contributed by atoms with van der Waals surface area (Å²) in [5.41, 5.74) is 4.90. The number of fused-ring (bicyclic) bond motifs is 3. The van der Waals surface area contributed by atoms with Crippen LogP contribution in [-0.4, -0.2) is 28.5 Å². The largest absolute Gasteiger partial charge is 0.414 e. The summed E-state index contributed by atoms with van der Waals surface area (Å²) in [5.74, 6) is -0.0752. The molecule has 38 heavy (non-hydrogen) atoms. The van der Waals surface area contributed by atoms with Crippen LogP contribution in [0, 0.1) is 5.82 Å². The molecule has 11 heteroatoms. The predicted molar refractivity (Wildman–Crippen MR) is 135 cm³/mol. The van der Waals surface area contributed by atoms with Gasteiger partial charge < -0.3 is 5.32 Å². The molecular formula is C27H19ClF4N4O2. The van der Waals surface area contributed by atoms with Crippen LogP contribution in [0.1, 0.15) is 22.3 Å². The van der Waals surface area contributed by atoms with Gasteiger partial charge >= 0.3 is 6.18 Å². The number of anilines is 2. The zero-order valence-electron chi connectivity index (χ0n) is 19.6. The van der Waals surface area contributed by atoms with Crippen LogP contribution in [0.3, 0.4) is 0 Å². The SMILES string of the molecule is Fc1ccccc1C1=NCc2cnc(Nc3ccc(COOCC(F)(F)F)cc3)nc2-c2ccc(Cl)cc21. The zero-order valence-corrected chi connectivity index (χ0v) is 20.4. The van der Waals surface area contributed by atoms with E-state index in [1.165, 1.54) is 6.07 Å². The Balaban J connectivity index is 1.37. The van der Waals surface area contributed by atoms with Crippen LogP contribution < -0.4 is 5.32 Å². The van der Waals surface area contributed by atoms with Gasteiger partial charge in [-0.2, -0.15) is 13.2 Å². The van der Waals surface area contributed by atoms with Crippen LogP contribution in [0.2, 0.25) is 5.02 Å². The minimum absolute atomic E-state index is 0.143. The Morgan fingerprint density at radius 1 is 0.921 bits per heavy atom. The topological polar surface area (TPSA) is 68.6 Å². The molecule has 0 fully saturated rings. The Kier molecular flexibility index (Phi) is 7.37. The molecule has 6 nitrogen and oxygen atoms in total. The number of hydrogen-bond acceptors (Lipinski definition) is 6. The second kappa shape index (κ2) is 10.9. The summed E-state index contributed by atoms with van der Waals surface area (Å²) >= 11 is 6.30. The van der Waals surface area contributed by atoms with Gasteiger partial charge in [-0.15, -0.1) is 0 Å². The summed E-state index contributed by atoms with van der Waals surface area (Å²) < 4.78 is 51.1. The maximum Gasteiger partial charge on any atom is 0.414 e. The van der Waals surface area contributed by atoms with Gasteiger partial charge in [0.25, 0.3) is 0 Å². The van der Waals surface area contributed by atoms with Crippen LogP contribution in [0.25, 0.3) is 11.3 Å². The number of hydrogen-bond donors (Lipinski definition) is 1. The molecule has 5 rings (SSSR count). The third-order valence-electron chi connectivity index (χ3n) is 5.63. The second-order valence-corrected chi connectivity index (χ2v) is 8.80. The molecule has 1 N–H and O–H groups in total. The van der Waals surface area contributed by atoms with Crippen molar-refractivity contribution in [1.82, 2.24) is 9.97 Å². The summed E-state index contributed by atoms with van der Waals surface area (Å²) in [4.78, 5) is 22.6. The number of nitrogens with one attached hydrogen (secondary N) is 1. The van der Waals surface area contributed by atoms with E-state index in [4.69, 9.17) is 16.6 Å². The fraction of sp³-hybridized carbons (Fsp3) is 0.148. The molecule has 2 heterocycles. The molecule has 0 spiro atoms. The van der Waals surface area contributed by atoms with Gasteiger partial charge in [0.2, 0.25) is 5.95 Å². The lowest BCUT2D eigenvalue weighted by Crippen LogP contribution is -2.17. The zero-order chi connectivity index (χ0) is 26.7. The maximum absolute atomic E-state index is 14.7. The van der Waals surface area contributed by atoms with Gasteiger partial charge in [-0.05, 0) is 42.0 Å². The van der Waals surface area contributed by atoms with E-state index in [1.54, 1.807) is 60.8 Å². The van der Waals surface area contributed by atoms with Crippen molar-refractivity contribution in [3.05, 3.63) is 106 Å². The highest BCUT2D eigenvalue weighted by molar-refractivity contribution is 6.31. The Morgan fingerprint density at radius 2 is 1.71 bits per heavy atom. The Hall–Kier alpha value is -3.86. The molecule has 0 aliphatic carbocycles. The first-order chi connectivity index (χ1) is 18.3.